The molecule has 6 heteroatoms. The highest BCUT2D eigenvalue weighted by Gasteiger charge is 2.30. The third-order valence-electron chi connectivity index (χ3n) is 3.28. The molecule has 0 atom stereocenters. The fourth-order valence-corrected chi connectivity index (χ4v) is 2.32. The van der Waals surface area contributed by atoms with Crippen molar-refractivity contribution in [2.45, 2.75) is 26.2 Å². The molecule has 0 aromatic heterocycles. The molecule has 0 aliphatic heterocycles. The number of hydrogen-bond acceptors (Lipinski definition) is 4. The molecule has 90 valence electrons. The first-order chi connectivity index (χ1) is 8.02. The van der Waals surface area contributed by atoms with Crippen LogP contribution < -0.4 is 0 Å². The number of fused-ring (bicyclic) bond motifs is 1. The SMILES string of the molecule is CCC1Cc2cc([N+](=O)[O-])c([N+](=O)[O-])cc2C1. The molecule has 0 fully saturated rings. The molecular weight excluding hydrogens is 224 g/mol. The van der Waals surface area contributed by atoms with Gasteiger partial charge in [0, 0.05) is 12.1 Å². The van der Waals surface area contributed by atoms with Crippen molar-refractivity contribution in [3.8, 4) is 0 Å². The molecule has 0 saturated heterocycles. The van der Waals surface area contributed by atoms with Crippen LogP contribution in [0.3, 0.4) is 0 Å². The average molecular weight is 236 g/mol. The standard InChI is InChI=1S/C11H12N2O4/c1-2-7-3-8-5-10(12(14)15)11(13(16)17)6-9(8)4-7/h5-7H,2-4H2,1H3. The molecule has 1 aromatic rings. The molecule has 0 saturated carbocycles. The van der Waals surface area contributed by atoms with Crippen molar-refractivity contribution in [3.05, 3.63) is 43.5 Å². The fraction of sp³-hybridized carbons (Fsp3) is 0.455. The maximum absolute atomic E-state index is 10.8. The Kier molecular flexibility index (Phi) is 2.79. The molecule has 17 heavy (non-hydrogen) atoms. The molecule has 1 aliphatic carbocycles. The zero-order valence-electron chi connectivity index (χ0n) is 9.38. The van der Waals surface area contributed by atoms with E-state index in [0.717, 1.165) is 30.4 Å². The Hall–Kier alpha value is -1.98. The Morgan fingerprint density at radius 3 is 1.82 bits per heavy atom. The second-order valence-electron chi connectivity index (χ2n) is 4.31. The Labute approximate surface area is 97.6 Å². The van der Waals surface area contributed by atoms with Crippen LogP contribution in [0.5, 0.6) is 0 Å². The number of nitro groups is 2. The largest absolute Gasteiger partial charge is 0.346 e. The molecule has 0 heterocycles. The number of hydrogen-bond donors (Lipinski definition) is 0. The minimum Gasteiger partial charge on any atom is -0.258 e. The van der Waals surface area contributed by atoms with E-state index in [-0.39, 0.29) is 0 Å². The van der Waals surface area contributed by atoms with Gasteiger partial charge in [-0.25, -0.2) is 0 Å². The van der Waals surface area contributed by atoms with Gasteiger partial charge >= 0.3 is 11.4 Å². The van der Waals surface area contributed by atoms with Crippen molar-refractivity contribution in [2.75, 3.05) is 0 Å². The van der Waals surface area contributed by atoms with E-state index in [9.17, 15) is 20.2 Å². The summed E-state index contributed by atoms with van der Waals surface area (Å²) in [5.74, 6) is 0.451. The fourth-order valence-electron chi connectivity index (χ4n) is 2.32. The molecule has 0 unspecified atom stereocenters. The molecule has 0 amide bonds. The smallest absolute Gasteiger partial charge is 0.258 e. The molecule has 0 radical (unpaired) electrons. The third-order valence-corrected chi connectivity index (χ3v) is 3.28. The summed E-state index contributed by atoms with van der Waals surface area (Å²) in [7, 11) is 0. The monoisotopic (exact) mass is 236 g/mol. The van der Waals surface area contributed by atoms with Gasteiger partial charge in [0.15, 0.2) is 0 Å². The number of rotatable bonds is 3. The van der Waals surface area contributed by atoms with Crippen LogP contribution in [0.4, 0.5) is 11.4 Å². The van der Waals surface area contributed by atoms with Crippen molar-refractivity contribution < 1.29 is 9.85 Å². The normalized spacial score (nSPS) is 14.6. The van der Waals surface area contributed by atoms with E-state index in [4.69, 9.17) is 0 Å². The Morgan fingerprint density at radius 1 is 1.12 bits per heavy atom. The lowest BCUT2D eigenvalue weighted by atomic mass is 10.0. The van der Waals surface area contributed by atoms with Crippen molar-refractivity contribution in [3.63, 3.8) is 0 Å². The lowest BCUT2D eigenvalue weighted by Crippen LogP contribution is -1.98. The molecule has 2 rings (SSSR count). The lowest BCUT2D eigenvalue weighted by molar-refractivity contribution is -0.422. The summed E-state index contributed by atoms with van der Waals surface area (Å²) in [4.78, 5) is 20.2. The van der Waals surface area contributed by atoms with E-state index in [1.165, 1.54) is 12.1 Å². The number of nitrogens with zero attached hydrogens (tertiary/aromatic N) is 2. The van der Waals surface area contributed by atoms with Crippen LogP contribution in [0.2, 0.25) is 0 Å². The second-order valence-corrected chi connectivity index (χ2v) is 4.31. The summed E-state index contributed by atoms with van der Waals surface area (Å²) in [6, 6.07) is 2.73. The van der Waals surface area contributed by atoms with E-state index in [0.29, 0.717) is 5.92 Å². The second kappa shape index (κ2) is 4.12. The summed E-state index contributed by atoms with van der Waals surface area (Å²) in [6.07, 6.45) is 2.55. The predicted octanol–water partition coefficient (Wildman–Crippen LogP) is 2.63. The lowest BCUT2D eigenvalue weighted by Gasteiger charge is -2.01. The molecule has 1 aliphatic rings. The minimum absolute atomic E-state index is 0.398. The molecule has 0 N–H and O–H groups in total. The van der Waals surface area contributed by atoms with Crippen LogP contribution >= 0.6 is 0 Å². The van der Waals surface area contributed by atoms with Gasteiger partial charge < -0.3 is 0 Å². The van der Waals surface area contributed by atoms with Crippen LogP contribution in [-0.2, 0) is 12.8 Å². The van der Waals surface area contributed by atoms with Crippen molar-refractivity contribution in [1.82, 2.24) is 0 Å². The van der Waals surface area contributed by atoms with Crippen LogP contribution in [0, 0.1) is 26.1 Å². The quantitative estimate of drug-likeness (QED) is 0.596. The van der Waals surface area contributed by atoms with Gasteiger partial charge in [-0.2, -0.15) is 0 Å². The highest BCUT2D eigenvalue weighted by atomic mass is 16.6. The predicted molar refractivity (Wildman–Crippen MR) is 60.9 cm³/mol. The molecule has 0 bridgehead atoms. The number of benzene rings is 1. The van der Waals surface area contributed by atoms with Gasteiger partial charge in [-0.05, 0) is 29.9 Å². The Balaban J connectivity index is 2.50. The Morgan fingerprint density at radius 2 is 1.53 bits per heavy atom. The van der Waals surface area contributed by atoms with E-state index in [1.807, 2.05) is 0 Å². The van der Waals surface area contributed by atoms with E-state index in [1.54, 1.807) is 0 Å². The molecule has 6 nitrogen and oxygen atoms in total. The molecular formula is C11H12N2O4. The molecule has 1 aromatic carbocycles. The topological polar surface area (TPSA) is 86.3 Å². The molecule has 0 spiro atoms. The van der Waals surface area contributed by atoms with Crippen LogP contribution in [0.1, 0.15) is 24.5 Å². The maximum Gasteiger partial charge on any atom is 0.346 e. The van der Waals surface area contributed by atoms with E-state index >= 15 is 0 Å². The first kappa shape index (κ1) is 11.5. The highest BCUT2D eigenvalue weighted by Crippen LogP contribution is 2.37. The first-order valence-corrected chi connectivity index (χ1v) is 5.47. The summed E-state index contributed by atoms with van der Waals surface area (Å²) in [5, 5.41) is 21.6. The van der Waals surface area contributed by atoms with Gasteiger partial charge in [0.2, 0.25) is 0 Å². The summed E-state index contributed by atoms with van der Waals surface area (Å²) >= 11 is 0. The van der Waals surface area contributed by atoms with Crippen molar-refractivity contribution in [1.29, 1.82) is 0 Å². The van der Waals surface area contributed by atoms with Gasteiger partial charge in [0.1, 0.15) is 0 Å². The van der Waals surface area contributed by atoms with Crippen LogP contribution in [0.25, 0.3) is 0 Å². The number of nitro benzene ring substituents is 2. The van der Waals surface area contributed by atoms with Crippen LogP contribution in [0.15, 0.2) is 12.1 Å². The first-order valence-electron chi connectivity index (χ1n) is 5.47. The Bertz CT molecular complexity index is 455. The highest BCUT2D eigenvalue weighted by molar-refractivity contribution is 5.58. The van der Waals surface area contributed by atoms with Crippen molar-refractivity contribution in [2.24, 2.45) is 5.92 Å². The van der Waals surface area contributed by atoms with Gasteiger partial charge in [0.25, 0.3) is 0 Å². The zero-order chi connectivity index (χ0) is 12.6. The average Bonchev–Trinajstić information content (AvgIpc) is 2.68. The summed E-state index contributed by atoms with van der Waals surface area (Å²) in [6.45, 7) is 2.05. The van der Waals surface area contributed by atoms with Gasteiger partial charge in [-0.15, -0.1) is 0 Å². The summed E-state index contributed by atoms with van der Waals surface area (Å²) < 4.78 is 0. The maximum atomic E-state index is 10.8. The van der Waals surface area contributed by atoms with Crippen LogP contribution in [-0.4, -0.2) is 9.85 Å². The van der Waals surface area contributed by atoms with E-state index in [2.05, 4.69) is 6.92 Å². The zero-order valence-corrected chi connectivity index (χ0v) is 9.38. The third kappa shape index (κ3) is 1.98. The van der Waals surface area contributed by atoms with Gasteiger partial charge in [-0.3, -0.25) is 20.2 Å². The van der Waals surface area contributed by atoms with E-state index < -0.39 is 21.2 Å². The van der Waals surface area contributed by atoms with Crippen molar-refractivity contribution >= 4 is 11.4 Å². The van der Waals surface area contributed by atoms with Gasteiger partial charge in [0.05, 0.1) is 9.85 Å². The summed E-state index contributed by atoms with van der Waals surface area (Å²) in [5.41, 5.74) is 0.972. The van der Waals surface area contributed by atoms with Gasteiger partial charge in [-0.1, -0.05) is 13.3 Å². The minimum atomic E-state index is -0.683.